The monoisotopic (exact) mass is 202 g/mol. The van der Waals surface area contributed by atoms with Crippen molar-refractivity contribution in [2.75, 3.05) is 13.1 Å². The molecule has 0 radical (unpaired) electrons. The summed E-state index contributed by atoms with van der Waals surface area (Å²) < 4.78 is 0. The van der Waals surface area contributed by atoms with Crippen molar-refractivity contribution in [3.8, 4) is 0 Å². The van der Waals surface area contributed by atoms with E-state index >= 15 is 0 Å². The van der Waals surface area contributed by atoms with E-state index in [2.05, 4.69) is 17.2 Å². The highest BCUT2D eigenvalue weighted by Crippen LogP contribution is 1.88. The Balaban J connectivity index is 3.48. The number of aliphatic hydroxyl groups is 1. The van der Waals surface area contributed by atoms with E-state index in [1.807, 2.05) is 0 Å². The third-order valence-electron chi connectivity index (χ3n) is 1.40. The first-order valence-electron chi connectivity index (χ1n) is 4.11. The molecule has 0 aliphatic heterocycles. The molecule has 6 heteroatoms. The van der Waals surface area contributed by atoms with Gasteiger partial charge in [0.25, 0.3) is 0 Å². The molecule has 0 aromatic carbocycles. The lowest BCUT2D eigenvalue weighted by Gasteiger charge is -2.07. The van der Waals surface area contributed by atoms with Crippen molar-refractivity contribution in [1.82, 2.24) is 10.6 Å². The molecule has 0 saturated carbocycles. The minimum Gasteiger partial charge on any atom is -0.479 e. The molecular weight excluding hydrogens is 188 g/mol. The third kappa shape index (κ3) is 6.01. The normalized spacial score (nSPS) is 11.5. The van der Waals surface area contributed by atoms with E-state index in [0.29, 0.717) is 6.54 Å². The van der Waals surface area contributed by atoms with Gasteiger partial charge in [0.05, 0.1) is 0 Å². The summed E-state index contributed by atoms with van der Waals surface area (Å²) >= 11 is 0. The Labute approximate surface area is 81.6 Å². The molecule has 0 saturated heterocycles. The first kappa shape index (κ1) is 12.4. The molecular formula is C8H14N2O4. The summed E-state index contributed by atoms with van der Waals surface area (Å²) in [4.78, 5) is 21.0. The number of aliphatic carboxylic acids is 1. The number of nitrogens with one attached hydrogen (secondary N) is 2. The molecule has 0 rings (SSSR count). The topological polar surface area (TPSA) is 98.7 Å². The van der Waals surface area contributed by atoms with Gasteiger partial charge in [-0.1, -0.05) is 6.08 Å². The number of hydrogen-bond donors (Lipinski definition) is 4. The van der Waals surface area contributed by atoms with Crippen molar-refractivity contribution < 1.29 is 19.8 Å². The maximum Gasteiger partial charge on any atom is 0.332 e. The zero-order chi connectivity index (χ0) is 11.0. The van der Waals surface area contributed by atoms with Crippen molar-refractivity contribution in [3.05, 3.63) is 12.7 Å². The van der Waals surface area contributed by atoms with Gasteiger partial charge in [-0.15, -0.1) is 6.58 Å². The third-order valence-corrected chi connectivity index (χ3v) is 1.40. The lowest BCUT2D eigenvalue weighted by Crippen LogP contribution is -2.37. The van der Waals surface area contributed by atoms with Gasteiger partial charge in [-0.2, -0.15) is 0 Å². The Bertz CT molecular complexity index is 217. The minimum absolute atomic E-state index is 0.0170. The van der Waals surface area contributed by atoms with E-state index in [4.69, 9.17) is 10.2 Å². The molecule has 0 bridgehead atoms. The van der Waals surface area contributed by atoms with Gasteiger partial charge in [0.2, 0.25) is 0 Å². The molecule has 0 aliphatic carbocycles. The smallest absolute Gasteiger partial charge is 0.332 e. The average Bonchev–Trinajstić information content (AvgIpc) is 2.14. The highest BCUT2D eigenvalue weighted by Gasteiger charge is 2.12. The second-order valence-corrected chi connectivity index (χ2v) is 2.57. The van der Waals surface area contributed by atoms with Gasteiger partial charge in [-0.25, -0.2) is 9.59 Å². The van der Waals surface area contributed by atoms with Crippen LogP contribution < -0.4 is 10.6 Å². The van der Waals surface area contributed by atoms with Crippen LogP contribution in [-0.4, -0.2) is 41.4 Å². The van der Waals surface area contributed by atoms with Gasteiger partial charge < -0.3 is 20.8 Å². The fourth-order valence-electron chi connectivity index (χ4n) is 0.673. The van der Waals surface area contributed by atoms with Crippen LogP contribution in [0.25, 0.3) is 0 Å². The molecule has 1 atom stereocenters. The predicted molar refractivity (Wildman–Crippen MR) is 49.9 cm³/mol. The highest BCUT2D eigenvalue weighted by molar-refractivity contribution is 5.74. The number of carboxylic acid groups (broad SMARTS) is 1. The van der Waals surface area contributed by atoms with Crippen LogP contribution in [0.5, 0.6) is 0 Å². The molecule has 0 aromatic heterocycles. The summed E-state index contributed by atoms with van der Waals surface area (Å²) in [5.74, 6) is -1.29. The number of urea groups is 1. The second-order valence-electron chi connectivity index (χ2n) is 2.57. The number of carboxylic acids is 1. The van der Waals surface area contributed by atoms with Gasteiger partial charge in [0.1, 0.15) is 0 Å². The summed E-state index contributed by atoms with van der Waals surface area (Å²) in [7, 11) is 0. The summed E-state index contributed by atoms with van der Waals surface area (Å²) in [6, 6.07) is -0.414. The van der Waals surface area contributed by atoms with Crippen molar-refractivity contribution in [1.29, 1.82) is 0 Å². The van der Waals surface area contributed by atoms with Gasteiger partial charge in [-0.3, -0.25) is 0 Å². The number of carbonyl (C=O) groups is 2. The van der Waals surface area contributed by atoms with Crippen molar-refractivity contribution in [2.45, 2.75) is 12.5 Å². The van der Waals surface area contributed by atoms with E-state index in [-0.39, 0.29) is 13.0 Å². The van der Waals surface area contributed by atoms with Crippen molar-refractivity contribution in [3.63, 3.8) is 0 Å². The van der Waals surface area contributed by atoms with Gasteiger partial charge >= 0.3 is 12.0 Å². The molecule has 0 heterocycles. The molecule has 0 unspecified atom stereocenters. The number of amides is 2. The Morgan fingerprint density at radius 2 is 2.07 bits per heavy atom. The molecule has 0 aliphatic rings. The Morgan fingerprint density at radius 3 is 2.57 bits per heavy atom. The van der Waals surface area contributed by atoms with E-state index in [1.54, 1.807) is 0 Å². The van der Waals surface area contributed by atoms with Crippen LogP contribution in [0.2, 0.25) is 0 Å². The fourth-order valence-corrected chi connectivity index (χ4v) is 0.673. The van der Waals surface area contributed by atoms with Crippen LogP contribution in [0, 0.1) is 0 Å². The Morgan fingerprint density at radius 1 is 1.43 bits per heavy atom. The molecule has 4 N–H and O–H groups in total. The lowest BCUT2D eigenvalue weighted by molar-refractivity contribution is -0.146. The highest BCUT2D eigenvalue weighted by atomic mass is 16.4. The van der Waals surface area contributed by atoms with Gasteiger partial charge in [0, 0.05) is 19.5 Å². The van der Waals surface area contributed by atoms with Crippen LogP contribution >= 0.6 is 0 Å². The first-order chi connectivity index (χ1) is 6.57. The summed E-state index contributed by atoms with van der Waals surface area (Å²) in [5.41, 5.74) is 0. The van der Waals surface area contributed by atoms with Crippen LogP contribution in [0.15, 0.2) is 12.7 Å². The van der Waals surface area contributed by atoms with Crippen molar-refractivity contribution in [2.24, 2.45) is 0 Å². The Hall–Kier alpha value is -1.56. The minimum atomic E-state index is -1.44. The van der Waals surface area contributed by atoms with E-state index in [9.17, 15) is 9.59 Å². The zero-order valence-electron chi connectivity index (χ0n) is 7.69. The summed E-state index contributed by atoms with van der Waals surface area (Å²) in [6.45, 7) is 3.85. The summed E-state index contributed by atoms with van der Waals surface area (Å²) in [5, 5.41) is 21.9. The predicted octanol–water partition coefficient (Wildman–Crippen LogP) is -0.693. The number of aliphatic hydroxyl groups excluding tert-OH is 1. The fraction of sp³-hybridized carbons (Fsp3) is 0.500. The largest absolute Gasteiger partial charge is 0.479 e. The van der Waals surface area contributed by atoms with E-state index in [0.717, 1.165) is 0 Å². The lowest BCUT2D eigenvalue weighted by atomic mass is 10.2. The van der Waals surface area contributed by atoms with Crippen LogP contribution in [0.4, 0.5) is 4.79 Å². The standard InChI is InChI=1S/C8H14N2O4/c1-2-4-9-8(14)10-5-3-6(11)7(12)13/h2,6,11H,1,3-5H2,(H,12,13)(H2,9,10,14)/t6-/m0/s1. The molecule has 2 amide bonds. The molecule has 14 heavy (non-hydrogen) atoms. The quantitative estimate of drug-likeness (QED) is 0.428. The maximum atomic E-state index is 10.9. The van der Waals surface area contributed by atoms with E-state index in [1.165, 1.54) is 6.08 Å². The maximum absolute atomic E-state index is 10.9. The second kappa shape index (κ2) is 6.90. The molecule has 0 spiro atoms. The van der Waals surface area contributed by atoms with Crippen LogP contribution in [-0.2, 0) is 4.79 Å². The summed E-state index contributed by atoms with van der Waals surface area (Å²) in [6.07, 6.45) is 0.0670. The number of carbonyl (C=O) groups excluding carboxylic acids is 1. The van der Waals surface area contributed by atoms with Gasteiger partial charge in [0.15, 0.2) is 6.10 Å². The molecule has 0 fully saturated rings. The van der Waals surface area contributed by atoms with Crippen LogP contribution in [0.1, 0.15) is 6.42 Å². The van der Waals surface area contributed by atoms with Crippen LogP contribution in [0.3, 0.4) is 0 Å². The Kier molecular flexibility index (Phi) is 6.13. The molecule has 6 nitrogen and oxygen atoms in total. The van der Waals surface area contributed by atoms with Crippen molar-refractivity contribution >= 4 is 12.0 Å². The van der Waals surface area contributed by atoms with E-state index < -0.39 is 18.1 Å². The average molecular weight is 202 g/mol. The first-order valence-corrected chi connectivity index (χ1v) is 4.11. The number of rotatable bonds is 6. The van der Waals surface area contributed by atoms with Gasteiger partial charge in [-0.05, 0) is 0 Å². The zero-order valence-corrected chi connectivity index (χ0v) is 7.69. The molecule has 80 valence electrons. The SMILES string of the molecule is C=CCNC(=O)NCC[C@H](O)C(=O)O. The number of hydrogen-bond acceptors (Lipinski definition) is 3. The molecule has 0 aromatic rings.